The van der Waals surface area contributed by atoms with Crippen molar-refractivity contribution in [1.82, 2.24) is 9.97 Å². The number of halogens is 2. The number of hydrogen-bond acceptors (Lipinski definition) is 3. The van der Waals surface area contributed by atoms with Gasteiger partial charge < -0.3 is 4.74 Å². The molecule has 0 atom stereocenters. The SMILES string of the molecule is CC.Cc1ccnc(COc2ccc(F)cc2F)n1. The Balaban J connectivity index is 0.000000861. The van der Waals surface area contributed by atoms with Crippen molar-refractivity contribution >= 4 is 0 Å². The Kier molecular flexibility index (Phi) is 5.85. The highest BCUT2D eigenvalue weighted by Crippen LogP contribution is 2.18. The Morgan fingerprint density at radius 1 is 1.16 bits per heavy atom. The van der Waals surface area contributed by atoms with Crippen LogP contribution in [0.2, 0.25) is 0 Å². The molecule has 5 heteroatoms. The number of benzene rings is 1. The zero-order valence-electron chi connectivity index (χ0n) is 11.2. The molecule has 0 radical (unpaired) electrons. The molecule has 0 bridgehead atoms. The average molecular weight is 266 g/mol. The van der Waals surface area contributed by atoms with Gasteiger partial charge in [0.1, 0.15) is 12.4 Å². The van der Waals surface area contributed by atoms with E-state index in [-0.39, 0.29) is 12.4 Å². The van der Waals surface area contributed by atoms with E-state index in [1.54, 1.807) is 12.3 Å². The third kappa shape index (κ3) is 4.62. The third-order valence-electron chi connectivity index (χ3n) is 2.10. The van der Waals surface area contributed by atoms with Gasteiger partial charge in [-0.3, -0.25) is 0 Å². The molecule has 0 spiro atoms. The van der Waals surface area contributed by atoms with Crippen LogP contribution in [0.25, 0.3) is 0 Å². The van der Waals surface area contributed by atoms with Gasteiger partial charge in [0.05, 0.1) is 0 Å². The highest BCUT2D eigenvalue weighted by molar-refractivity contribution is 5.24. The van der Waals surface area contributed by atoms with E-state index in [4.69, 9.17) is 4.74 Å². The van der Waals surface area contributed by atoms with Gasteiger partial charge in [-0.2, -0.15) is 0 Å². The van der Waals surface area contributed by atoms with Crippen LogP contribution in [0.5, 0.6) is 5.75 Å². The fraction of sp³-hybridized carbons (Fsp3) is 0.286. The molecule has 0 amide bonds. The van der Waals surface area contributed by atoms with Crippen LogP contribution in [0.4, 0.5) is 8.78 Å². The maximum atomic E-state index is 13.2. The van der Waals surface area contributed by atoms with Crippen LogP contribution in [0.3, 0.4) is 0 Å². The number of aromatic nitrogens is 2. The molecular formula is C14H16F2N2O. The molecule has 0 unspecified atom stereocenters. The second-order valence-corrected chi connectivity index (χ2v) is 3.48. The average Bonchev–Trinajstić information content (AvgIpc) is 2.40. The van der Waals surface area contributed by atoms with Crippen LogP contribution in [0.15, 0.2) is 30.5 Å². The Bertz CT molecular complexity index is 533. The van der Waals surface area contributed by atoms with Gasteiger partial charge in [0, 0.05) is 18.0 Å². The lowest BCUT2D eigenvalue weighted by molar-refractivity contribution is 0.280. The molecule has 1 heterocycles. The number of rotatable bonds is 3. The summed E-state index contributed by atoms with van der Waals surface area (Å²) in [6, 6.07) is 4.89. The molecule has 102 valence electrons. The molecule has 0 aliphatic carbocycles. The summed E-state index contributed by atoms with van der Waals surface area (Å²) in [5.41, 5.74) is 0.804. The molecule has 2 aromatic rings. The first kappa shape index (κ1) is 15.0. The molecule has 3 nitrogen and oxygen atoms in total. The smallest absolute Gasteiger partial charge is 0.167 e. The van der Waals surface area contributed by atoms with E-state index in [0.29, 0.717) is 5.82 Å². The Hall–Kier alpha value is -2.04. The number of ether oxygens (including phenoxy) is 1. The van der Waals surface area contributed by atoms with E-state index in [1.165, 1.54) is 6.07 Å². The molecular weight excluding hydrogens is 250 g/mol. The lowest BCUT2D eigenvalue weighted by atomic mass is 10.3. The normalized spacial score (nSPS) is 9.53. The molecule has 0 aliphatic heterocycles. The number of hydrogen-bond donors (Lipinski definition) is 0. The van der Waals surface area contributed by atoms with Gasteiger partial charge in [-0.15, -0.1) is 0 Å². The summed E-state index contributed by atoms with van der Waals surface area (Å²) in [5.74, 6) is -0.940. The Labute approximate surface area is 111 Å². The minimum Gasteiger partial charge on any atom is -0.483 e. The van der Waals surface area contributed by atoms with Crippen LogP contribution in [0.1, 0.15) is 25.4 Å². The van der Waals surface area contributed by atoms with E-state index in [0.717, 1.165) is 17.8 Å². The predicted molar refractivity (Wildman–Crippen MR) is 68.8 cm³/mol. The quantitative estimate of drug-likeness (QED) is 0.850. The molecule has 1 aromatic heterocycles. The van der Waals surface area contributed by atoms with E-state index in [2.05, 4.69) is 9.97 Å². The lowest BCUT2D eigenvalue weighted by Gasteiger charge is -2.06. The second-order valence-electron chi connectivity index (χ2n) is 3.48. The van der Waals surface area contributed by atoms with E-state index in [9.17, 15) is 8.78 Å². The first-order valence-corrected chi connectivity index (χ1v) is 6.01. The minimum absolute atomic E-state index is 0.0171. The van der Waals surface area contributed by atoms with Gasteiger partial charge in [0.15, 0.2) is 17.4 Å². The monoisotopic (exact) mass is 266 g/mol. The first-order valence-electron chi connectivity index (χ1n) is 6.01. The van der Waals surface area contributed by atoms with Crippen molar-refractivity contribution in [3.63, 3.8) is 0 Å². The van der Waals surface area contributed by atoms with Gasteiger partial charge in [-0.1, -0.05) is 13.8 Å². The van der Waals surface area contributed by atoms with E-state index < -0.39 is 11.6 Å². The molecule has 2 rings (SSSR count). The van der Waals surface area contributed by atoms with Crippen molar-refractivity contribution in [2.75, 3.05) is 0 Å². The lowest BCUT2D eigenvalue weighted by Crippen LogP contribution is -2.03. The summed E-state index contributed by atoms with van der Waals surface area (Å²) in [7, 11) is 0. The molecule has 0 saturated heterocycles. The maximum absolute atomic E-state index is 13.2. The zero-order valence-corrected chi connectivity index (χ0v) is 11.2. The van der Waals surface area contributed by atoms with Crippen LogP contribution >= 0.6 is 0 Å². The fourth-order valence-electron chi connectivity index (χ4n) is 1.30. The Morgan fingerprint density at radius 2 is 1.89 bits per heavy atom. The summed E-state index contributed by atoms with van der Waals surface area (Å²) in [5, 5.41) is 0. The van der Waals surface area contributed by atoms with Crippen molar-refractivity contribution in [3.8, 4) is 5.75 Å². The molecule has 0 saturated carbocycles. The van der Waals surface area contributed by atoms with Crippen LogP contribution in [0, 0.1) is 18.6 Å². The van der Waals surface area contributed by atoms with Crippen LogP contribution in [-0.4, -0.2) is 9.97 Å². The summed E-state index contributed by atoms with van der Waals surface area (Å²) in [6.07, 6.45) is 1.60. The molecule has 1 aromatic carbocycles. The summed E-state index contributed by atoms with van der Waals surface area (Å²) in [4.78, 5) is 8.07. The summed E-state index contributed by atoms with van der Waals surface area (Å²) < 4.78 is 31.0. The van der Waals surface area contributed by atoms with Crippen molar-refractivity contribution in [1.29, 1.82) is 0 Å². The van der Waals surface area contributed by atoms with Crippen LogP contribution in [-0.2, 0) is 6.61 Å². The first-order chi connectivity index (χ1) is 9.15. The highest BCUT2D eigenvalue weighted by atomic mass is 19.1. The highest BCUT2D eigenvalue weighted by Gasteiger charge is 2.06. The third-order valence-corrected chi connectivity index (χ3v) is 2.10. The summed E-state index contributed by atoms with van der Waals surface area (Å²) in [6.45, 7) is 5.87. The molecule has 0 aliphatic rings. The van der Waals surface area contributed by atoms with Crippen molar-refractivity contribution in [3.05, 3.63) is 53.6 Å². The zero-order chi connectivity index (χ0) is 14.3. The number of nitrogens with zero attached hydrogens (tertiary/aromatic N) is 2. The molecule has 0 fully saturated rings. The summed E-state index contributed by atoms with van der Waals surface area (Å²) >= 11 is 0. The van der Waals surface area contributed by atoms with Gasteiger partial charge >= 0.3 is 0 Å². The van der Waals surface area contributed by atoms with Crippen LogP contribution < -0.4 is 4.74 Å². The molecule has 19 heavy (non-hydrogen) atoms. The topological polar surface area (TPSA) is 35.0 Å². The van der Waals surface area contributed by atoms with Gasteiger partial charge in [-0.05, 0) is 25.1 Å². The Morgan fingerprint density at radius 3 is 2.53 bits per heavy atom. The van der Waals surface area contributed by atoms with E-state index >= 15 is 0 Å². The fourth-order valence-corrected chi connectivity index (χ4v) is 1.30. The van der Waals surface area contributed by atoms with Crippen molar-refractivity contribution in [2.24, 2.45) is 0 Å². The largest absolute Gasteiger partial charge is 0.483 e. The number of aryl methyl sites for hydroxylation is 1. The maximum Gasteiger partial charge on any atom is 0.167 e. The van der Waals surface area contributed by atoms with Crippen molar-refractivity contribution < 1.29 is 13.5 Å². The van der Waals surface area contributed by atoms with E-state index in [1.807, 2.05) is 20.8 Å². The second kappa shape index (κ2) is 7.41. The standard InChI is InChI=1S/C12H10F2N2O.C2H6/c1-8-4-5-15-12(16-8)7-17-11-3-2-9(13)6-10(11)14;1-2/h2-6H,7H2,1H3;1-2H3. The minimum atomic E-state index is -0.738. The van der Waals surface area contributed by atoms with Gasteiger partial charge in [0.2, 0.25) is 0 Å². The molecule has 0 N–H and O–H groups in total. The van der Waals surface area contributed by atoms with Gasteiger partial charge in [0.25, 0.3) is 0 Å². The predicted octanol–water partition coefficient (Wildman–Crippen LogP) is 3.67. The van der Waals surface area contributed by atoms with Crippen molar-refractivity contribution in [2.45, 2.75) is 27.4 Å². The van der Waals surface area contributed by atoms with Gasteiger partial charge in [-0.25, -0.2) is 18.7 Å².